The topological polar surface area (TPSA) is 168 Å². The smallest absolute Gasteiger partial charge is 0.245 e. The Morgan fingerprint density at radius 2 is 1.53 bits per heavy atom. The summed E-state index contributed by atoms with van der Waals surface area (Å²) in [7, 11) is 1.78. The van der Waals surface area contributed by atoms with E-state index in [9.17, 15) is 9.59 Å². The monoisotopic (exact) mass is 905 g/mol. The maximum absolute atomic E-state index is 14.2. The average Bonchev–Trinajstić information content (AvgIpc) is 3.98. The van der Waals surface area contributed by atoms with Gasteiger partial charge in [-0.25, -0.2) is 9.97 Å². The summed E-state index contributed by atoms with van der Waals surface area (Å²) in [6.07, 6.45) is 14.2. The molecule has 1 saturated carbocycles. The molecule has 5 heterocycles. The van der Waals surface area contributed by atoms with E-state index in [0.29, 0.717) is 64.7 Å². The van der Waals surface area contributed by atoms with Gasteiger partial charge in [0.25, 0.3) is 0 Å². The van der Waals surface area contributed by atoms with Crippen LogP contribution in [0.4, 0.5) is 5.69 Å². The molecule has 4 N–H and O–H groups in total. The third kappa shape index (κ3) is 12.2. The lowest BCUT2D eigenvalue weighted by Crippen LogP contribution is -2.58. The number of carbonyl (C=O) groups excluding carboxylic acids is 2. The number of piperidine rings is 1. The molecule has 0 bridgehead atoms. The molecule has 15 heteroatoms. The number of pyridine rings is 2. The van der Waals surface area contributed by atoms with Crippen LogP contribution in [0, 0.1) is 11.8 Å². The maximum atomic E-state index is 14.2. The molecule has 1 aliphatic carbocycles. The van der Waals surface area contributed by atoms with Crippen LogP contribution in [0.2, 0.25) is 0 Å². The molecular formula is C51H68N8O7. The zero-order chi connectivity index (χ0) is 45.7. The Balaban J connectivity index is 0.659. The molecule has 2 aromatic carbocycles. The summed E-state index contributed by atoms with van der Waals surface area (Å²) in [6, 6.07) is 19.5. The summed E-state index contributed by atoms with van der Waals surface area (Å²) in [5.74, 6) is 2.91. The summed E-state index contributed by atoms with van der Waals surface area (Å²) >= 11 is 0. The lowest BCUT2D eigenvalue weighted by atomic mass is 9.83. The highest BCUT2D eigenvalue weighted by Gasteiger charge is 2.44. The quantitative estimate of drug-likeness (QED) is 0.0534. The fourth-order valence-corrected chi connectivity index (χ4v) is 9.73. The van der Waals surface area contributed by atoms with E-state index in [1.54, 1.807) is 13.2 Å². The molecule has 0 spiro atoms. The number of anilines is 1. The summed E-state index contributed by atoms with van der Waals surface area (Å²) in [6.45, 7) is 9.13. The van der Waals surface area contributed by atoms with Gasteiger partial charge >= 0.3 is 0 Å². The SMILES string of the molecule is CN[C@@H](C)C(=O)N[C@H](C(=O)N1CC[C@H]2CCN(CCc3ccc(OCCOCCOCCOCCOc4cc5ccn(-c6cc7c(N)cccc7cn6)c5cn4)cc3)C[C@H]21)C1CCCCC1. The second-order valence-corrected chi connectivity index (χ2v) is 17.9. The van der Waals surface area contributed by atoms with Crippen molar-refractivity contribution < 1.29 is 33.3 Å². The van der Waals surface area contributed by atoms with Crippen molar-refractivity contribution in [2.75, 3.05) is 91.8 Å². The second-order valence-electron chi connectivity index (χ2n) is 17.9. The summed E-state index contributed by atoms with van der Waals surface area (Å²) < 4.78 is 30.8. The summed E-state index contributed by atoms with van der Waals surface area (Å²) in [4.78, 5) is 40.9. The number of amides is 2. The predicted molar refractivity (Wildman–Crippen MR) is 256 cm³/mol. The van der Waals surface area contributed by atoms with Gasteiger partial charge in [-0.15, -0.1) is 0 Å². The van der Waals surface area contributed by atoms with Crippen molar-refractivity contribution in [1.29, 1.82) is 0 Å². The fourth-order valence-electron chi connectivity index (χ4n) is 9.73. The zero-order valence-corrected chi connectivity index (χ0v) is 38.7. The van der Waals surface area contributed by atoms with Crippen LogP contribution in [0.3, 0.4) is 0 Å². The first-order valence-corrected chi connectivity index (χ1v) is 24.0. The minimum atomic E-state index is -0.435. The predicted octanol–water partition coefficient (Wildman–Crippen LogP) is 5.80. The Morgan fingerprint density at radius 3 is 2.29 bits per heavy atom. The summed E-state index contributed by atoms with van der Waals surface area (Å²) in [5, 5.41) is 9.17. The van der Waals surface area contributed by atoms with E-state index < -0.39 is 6.04 Å². The van der Waals surface area contributed by atoms with Gasteiger partial charge in [-0.3, -0.25) is 14.2 Å². The lowest BCUT2D eigenvalue weighted by molar-refractivity contribution is -0.140. The van der Waals surface area contributed by atoms with Crippen LogP contribution in [-0.4, -0.2) is 140 Å². The van der Waals surface area contributed by atoms with E-state index >= 15 is 0 Å². The van der Waals surface area contributed by atoms with Gasteiger partial charge in [0.1, 0.15) is 30.8 Å². The first-order valence-electron chi connectivity index (χ1n) is 24.0. The molecular weight excluding hydrogens is 837 g/mol. The maximum Gasteiger partial charge on any atom is 0.245 e. The minimum Gasteiger partial charge on any atom is -0.491 e. The number of likely N-dealkylation sites (N-methyl/N-ethyl adjacent to an activating group) is 1. The normalized spacial score (nSPS) is 18.9. The van der Waals surface area contributed by atoms with Crippen molar-refractivity contribution in [3.63, 3.8) is 0 Å². The number of nitrogens with one attached hydrogen (secondary N) is 2. The van der Waals surface area contributed by atoms with E-state index in [4.69, 9.17) is 29.4 Å². The van der Waals surface area contributed by atoms with Gasteiger partial charge in [-0.1, -0.05) is 43.5 Å². The number of aromatic nitrogens is 3. The molecule has 8 rings (SSSR count). The molecule has 0 radical (unpaired) electrons. The van der Waals surface area contributed by atoms with Crippen LogP contribution in [0.5, 0.6) is 11.6 Å². The molecule has 3 fully saturated rings. The number of hydrogen-bond donors (Lipinski definition) is 3. The van der Waals surface area contributed by atoms with Gasteiger partial charge in [-0.05, 0) is 100 Å². The molecule has 5 aromatic rings. The molecule has 4 atom stereocenters. The molecule has 3 aromatic heterocycles. The largest absolute Gasteiger partial charge is 0.491 e. The highest BCUT2D eigenvalue weighted by Crippen LogP contribution is 2.35. The van der Waals surface area contributed by atoms with E-state index in [1.165, 1.54) is 12.0 Å². The lowest BCUT2D eigenvalue weighted by Gasteiger charge is -2.41. The number of benzene rings is 2. The van der Waals surface area contributed by atoms with Gasteiger partial charge in [0.15, 0.2) is 0 Å². The molecule has 354 valence electrons. The first kappa shape index (κ1) is 47.2. The van der Waals surface area contributed by atoms with Gasteiger partial charge in [0, 0.05) is 66.0 Å². The van der Waals surface area contributed by atoms with Crippen molar-refractivity contribution >= 4 is 39.2 Å². The number of nitrogens with zero attached hydrogens (tertiary/aromatic N) is 5. The number of fused-ring (bicyclic) bond motifs is 3. The highest BCUT2D eigenvalue weighted by atomic mass is 16.6. The van der Waals surface area contributed by atoms with Crippen LogP contribution < -0.4 is 25.8 Å². The van der Waals surface area contributed by atoms with Crippen LogP contribution in [0.25, 0.3) is 27.5 Å². The van der Waals surface area contributed by atoms with Crippen LogP contribution in [0.15, 0.2) is 79.3 Å². The Kier molecular flexibility index (Phi) is 16.7. The van der Waals surface area contributed by atoms with Gasteiger partial charge in [0.05, 0.1) is 57.4 Å². The number of nitrogen functional groups attached to an aromatic ring is 1. The van der Waals surface area contributed by atoms with Crippen LogP contribution >= 0.6 is 0 Å². The number of ether oxygens (including phenoxy) is 5. The molecule has 2 aliphatic heterocycles. The zero-order valence-electron chi connectivity index (χ0n) is 38.7. The first-order chi connectivity index (χ1) is 32.3. The summed E-state index contributed by atoms with van der Waals surface area (Å²) in [5.41, 5.74) is 9.11. The number of carbonyl (C=O) groups is 2. The third-order valence-electron chi connectivity index (χ3n) is 13.7. The van der Waals surface area contributed by atoms with Crippen molar-refractivity contribution in [2.24, 2.45) is 11.8 Å². The Hall–Kier alpha value is -5.32. The van der Waals surface area contributed by atoms with Crippen LogP contribution in [-0.2, 0) is 30.2 Å². The molecule has 2 saturated heterocycles. The third-order valence-corrected chi connectivity index (χ3v) is 13.7. The van der Waals surface area contributed by atoms with E-state index in [2.05, 4.69) is 42.5 Å². The van der Waals surface area contributed by atoms with Gasteiger partial charge in [0.2, 0.25) is 17.7 Å². The number of hydrogen-bond acceptors (Lipinski definition) is 12. The van der Waals surface area contributed by atoms with Crippen molar-refractivity contribution in [3.05, 3.63) is 84.8 Å². The standard InChI is InChI=1S/C51H68N8O7/c1-36(53-2)50(60)56-49(39-7-4-3-5-8-39)51(61)59-22-17-38-16-20-57(35-46(38)59)19-15-37-11-13-42(14-12-37)65-29-27-63-25-23-62-24-26-64-28-30-66-48-31-40-18-21-58(45(40)34-55-48)47-32-43-41(33-54-47)9-6-10-44(43)52/h6,9-14,18,21,31-34,36,38-39,46,49,53H,3-5,7-8,15-17,19-20,22-30,35,52H2,1-2H3,(H,56,60)/t36-,38+,46+,49-/m0/s1. The van der Waals surface area contributed by atoms with E-state index in [1.807, 2.05) is 72.4 Å². The molecule has 3 aliphatic rings. The van der Waals surface area contributed by atoms with Gasteiger partial charge < -0.3 is 49.9 Å². The second kappa shape index (κ2) is 23.4. The Labute approximate surface area is 388 Å². The van der Waals surface area contributed by atoms with Crippen molar-refractivity contribution in [2.45, 2.75) is 76.4 Å². The highest BCUT2D eigenvalue weighted by molar-refractivity contribution is 5.94. The molecule has 2 amide bonds. The van der Waals surface area contributed by atoms with Crippen LogP contribution in [0.1, 0.15) is 57.4 Å². The van der Waals surface area contributed by atoms with E-state index in [-0.39, 0.29) is 29.8 Å². The Bertz CT molecular complexity index is 2340. The number of nitrogens with two attached hydrogens (primary N) is 1. The molecule has 15 nitrogen and oxygen atoms in total. The minimum absolute atomic E-state index is 0.0907. The number of likely N-dealkylation sites (tertiary alicyclic amines) is 2. The molecule has 66 heavy (non-hydrogen) atoms. The van der Waals surface area contributed by atoms with Crippen molar-refractivity contribution in [1.82, 2.24) is 35.0 Å². The van der Waals surface area contributed by atoms with E-state index in [0.717, 1.165) is 110 Å². The average molecular weight is 905 g/mol. The van der Waals surface area contributed by atoms with Gasteiger partial charge in [-0.2, -0.15) is 0 Å². The number of rotatable bonds is 23. The fraction of sp³-hybridized carbons (Fsp3) is 0.529. The van der Waals surface area contributed by atoms with Crippen molar-refractivity contribution in [3.8, 4) is 17.4 Å². The molecule has 0 unspecified atom stereocenters. The Morgan fingerprint density at radius 1 is 0.803 bits per heavy atom.